The number of carbonyl (C=O) groups is 1. The molecule has 1 aliphatic heterocycles. The van der Waals surface area contributed by atoms with Crippen molar-refractivity contribution in [2.75, 3.05) is 0 Å². The second kappa shape index (κ2) is 4.91. The lowest BCUT2D eigenvalue weighted by Crippen LogP contribution is -2.04. The lowest BCUT2D eigenvalue weighted by Gasteiger charge is -2.07. The highest BCUT2D eigenvalue weighted by molar-refractivity contribution is 9.10. The molecule has 0 aromatic heterocycles. The number of benzene rings is 2. The highest BCUT2D eigenvalue weighted by atomic mass is 79.9. The summed E-state index contributed by atoms with van der Waals surface area (Å²) in [5.41, 5.74) is 4.78. The summed E-state index contributed by atoms with van der Waals surface area (Å²) in [4.78, 5) is 12.5. The molecule has 96 valence electrons. The zero-order valence-electron chi connectivity index (χ0n) is 10.6. The molecule has 0 amide bonds. The van der Waals surface area contributed by atoms with Crippen molar-refractivity contribution in [2.45, 2.75) is 20.1 Å². The topological polar surface area (TPSA) is 26.3 Å². The number of hydrogen-bond donors (Lipinski definition) is 0. The molecule has 0 saturated carbocycles. The Labute approximate surface area is 120 Å². The van der Waals surface area contributed by atoms with Gasteiger partial charge in [-0.3, -0.25) is 4.79 Å². The van der Waals surface area contributed by atoms with Crippen LogP contribution in [0.2, 0.25) is 0 Å². The standard InChI is InChI=1S/C16H13BrO2/c1-10-6-14(17)4-5-15(10)16(18)11-2-3-12-8-19-9-13(12)7-11/h2-7H,8-9H2,1H3. The first-order valence-corrected chi connectivity index (χ1v) is 6.95. The van der Waals surface area contributed by atoms with Crippen LogP contribution in [0.15, 0.2) is 40.9 Å². The van der Waals surface area contributed by atoms with E-state index < -0.39 is 0 Å². The van der Waals surface area contributed by atoms with Gasteiger partial charge in [0.1, 0.15) is 0 Å². The summed E-state index contributed by atoms with van der Waals surface area (Å²) in [5.74, 6) is 0.0692. The van der Waals surface area contributed by atoms with E-state index in [2.05, 4.69) is 15.9 Å². The Bertz CT molecular complexity index is 662. The van der Waals surface area contributed by atoms with E-state index in [0.717, 1.165) is 26.7 Å². The van der Waals surface area contributed by atoms with Gasteiger partial charge in [-0.05, 0) is 47.9 Å². The van der Waals surface area contributed by atoms with Crippen LogP contribution in [0.4, 0.5) is 0 Å². The number of ketones is 1. The molecule has 2 nitrogen and oxygen atoms in total. The van der Waals surface area contributed by atoms with Gasteiger partial charge in [0.15, 0.2) is 5.78 Å². The molecule has 0 atom stereocenters. The average Bonchev–Trinajstić information content (AvgIpc) is 2.85. The van der Waals surface area contributed by atoms with Gasteiger partial charge in [0.25, 0.3) is 0 Å². The molecule has 0 radical (unpaired) electrons. The molecule has 0 unspecified atom stereocenters. The summed E-state index contributed by atoms with van der Waals surface area (Å²) in [6.45, 7) is 3.21. The molecule has 2 aromatic rings. The summed E-state index contributed by atoms with van der Waals surface area (Å²) in [5, 5.41) is 0. The summed E-state index contributed by atoms with van der Waals surface area (Å²) in [6, 6.07) is 11.6. The van der Waals surface area contributed by atoms with Gasteiger partial charge in [-0.25, -0.2) is 0 Å². The van der Waals surface area contributed by atoms with E-state index in [1.807, 2.05) is 43.3 Å². The van der Waals surface area contributed by atoms with Crippen molar-refractivity contribution in [3.63, 3.8) is 0 Å². The van der Waals surface area contributed by atoms with Crippen molar-refractivity contribution >= 4 is 21.7 Å². The van der Waals surface area contributed by atoms with E-state index in [-0.39, 0.29) is 5.78 Å². The lowest BCUT2D eigenvalue weighted by molar-refractivity contribution is 0.103. The Morgan fingerprint density at radius 1 is 1.11 bits per heavy atom. The number of aryl methyl sites for hydroxylation is 1. The van der Waals surface area contributed by atoms with E-state index >= 15 is 0 Å². The van der Waals surface area contributed by atoms with E-state index in [4.69, 9.17) is 4.74 Å². The zero-order valence-corrected chi connectivity index (χ0v) is 12.2. The van der Waals surface area contributed by atoms with Crippen LogP contribution in [-0.4, -0.2) is 5.78 Å². The summed E-state index contributed by atoms with van der Waals surface area (Å²) < 4.78 is 6.37. The maximum absolute atomic E-state index is 12.5. The molecule has 1 aliphatic rings. The molecular weight excluding hydrogens is 304 g/mol. The van der Waals surface area contributed by atoms with Gasteiger partial charge in [-0.1, -0.05) is 28.1 Å². The van der Waals surface area contributed by atoms with Crippen LogP contribution >= 0.6 is 15.9 Å². The van der Waals surface area contributed by atoms with Crippen LogP contribution in [0.25, 0.3) is 0 Å². The van der Waals surface area contributed by atoms with Gasteiger partial charge < -0.3 is 4.74 Å². The third-order valence-corrected chi connectivity index (χ3v) is 3.91. The molecule has 0 N–H and O–H groups in total. The van der Waals surface area contributed by atoms with Crippen molar-refractivity contribution in [2.24, 2.45) is 0 Å². The van der Waals surface area contributed by atoms with E-state index in [1.165, 1.54) is 5.56 Å². The molecular formula is C16H13BrO2. The number of carbonyl (C=O) groups excluding carboxylic acids is 1. The molecule has 3 rings (SSSR count). The normalized spacial score (nSPS) is 13.4. The van der Waals surface area contributed by atoms with Crippen molar-refractivity contribution in [1.29, 1.82) is 0 Å². The van der Waals surface area contributed by atoms with Gasteiger partial charge in [0.05, 0.1) is 13.2 Å². The predicted octanol–water partition coefficient (Wildman–Crippen LogP) is 4.02. The Morgan fingerprint density at radius 2 is 1.89 bits per heavy atom. The fourth-order valence-corrected chi connectivity index (χ4v) is 2.83. The molecule has 2 aromatic carbocycles. The second-order valence-electron chi connectivity index (χ2n) is 4.76. The number of ether oxygens (including phenoxy) is 1. The van der Waals surface area contributed by atoms with Crippen LogP contribution in [0, 0.1) is 6.92 Å². The Kier molecular flexibility index (Phi) is 3.25. The molecule has 0 spiro atoms. The van der Waals surface area contributed by atoms with Gasteiger partial charge in [-0.15, -0.1) is 0 Å². The third-order valence-electron chi connectivity index (χ3n) is 3.42. The second-order valence-corrected chi connectivity index (χ2v) is 5.68. The fourth-order valence-electron chi connectivity index (χ4n) is 2.35. The smallest absolute Gasteiger partial charge is 0.193 e. The summed E-state index contributed by atoms with van der Waals surface area (Å²) >= 11 is 3.41. The Balaban J connectivity index is 2.00. The first-order chi connectivity index (χ1) is 9.15. The predicted molar refractivity (Wildman–Crippen MR) is 77.2 cm³/mol. The molecule has 0 saturated heterocycles. The zero-order chi connectivity index (χ0) is 13.4. The highest BCUT2D eigenvalue weighted by Gasteiger charge is 2.16. The largest absolute Gasteiger partial charge is 0.372 e. The monoisotopic (exact) mass is 316 g/mol. The van der Waals surface area contributed by atoms with Gasteiger partial charge in [-0.2, -0.15) is 0 Å². The van der Waals surface area contributed by atoms with Crippen molar-refractivity contribution in [3.8, 4) is 0 Å². The molecule has 0 bridgehead atoms. The SMILES string of the molecule is Cc1cc(Br)ccc1C(=O)c1ccc2c(c1)COC2. The number of hydrogen-bond acceptors (Lipinski definition) is 2. The minimum Gasteiger partial charge on any atom is -0.372 e. The molecule has 3 heteroatoms. The minimum absolute atomic E-state index is 0.0692. The maximum Gasteiger partial charge on any atom is 0.193 e. The Hall–Kier alpha value is -1.45. The minimum atomic E-state index is 0.0692. The summed E-state index contributed by atoms with van der Waals surface area (Å²) in [7, 11) is 0. The average molecular weight is 317 g/mol. The van der Waals surface area contributed by atoms with Crippen molar-refractivity contribution in [1.82, 2.24) is 0 Å². The molecule has 0 fully saturated rings. The molecule has 19 heavy (non-hydrogen) atoms. The van der Waals surface area contributed by atoms with Gasteiger partial charge in [0.2, 0.25) is 0 Å². The van der Waals surface area contributed by atoms with Gasteiger partial charge in [0, 0.05) is 15.6 Å². The first kappa shape index (κ1) is 12.6. The van der Waals surface area contributed by atoms with E-state index in [1.54, 1.807) is 0 Å². The van der Waals surface area contributed by atoms with Crippen LogP contribution in [0.3, 0.4) is 0 Å². The van der Waals surface area contributed by atoms with Crippen LogP contribution in [0.5, 0.6) is 0 Å². The lowest BCUT2D eigenvalue weighted by atomic mass is 9.97. The summed E-state index contributed by atoms with van der Waals surface area (Å²) in [6.07, 6.45) is 0. The van der Waals surface area contributed by atoms with Crippen LogP contribution in [-0.2, 0) is 18.0 Å². The van der Waals surface area contributed by atoms with Crippen molar-refractivity contribution < 1.29 is 9.53 Å². The fraction of sp³-hybridized carbons (Fsp3) is 0.188. The Morgan fingerprint density at radius 3 is 2.68 bits per heavy atom. The van der Waals surface area contributed by atoms with Crippen LogP contribution < -0.4 is 0 Å². The number of fused-ring (bicyclic) bond motifs is 1. The van der Waals surface area contributed by atoms with E-state index in [0.29, 0.717) is 13.2 Å². The van der Waals surface area contributed by atoms with E-state index in [9.17, 15) is 4.79 Å². The number of rotatable bonds is 2. The maximum atomic E-state index is 12.5. The van der Waals surface area contributed by atoms with Crippen molar-refractivity contribution in [3.05, 3.63) is 68.7 Å². The number of halogens is 1. The molecule has 0 aliphatic carbocycles. The quantitative estimate of drug-likeness (QED) is 0.782. The van der Waals surface area contributed by atoms with Crippen LogP contribution in [0.1, 0.15) is 32.6 Å². The highest BCUT2D eigenvalue weighted by Crippen LogP contribution is 2.24. The molecule has 1 heterocycles. The third kappa shape index (κ3) is 2.36. The first-order valence-electron chi connectivity index (χ1n) is 6.15. The van der Waals surface area contributed by atoms with Gasteiger partial charge >= 0.3 is 0 Å².